The highest BCUT2D eigenvalue weighted by atomic mass is 16.5. The first-order valence-corrected chi connectivity index (χ1v) is 11.3. The predicted molar refractivity (Wildman–Crippen MR) is 126 cm³/mol. The van der Waals surface area contributed by atoms with Crippen LogP contribution in [0.4, 0.5) is 5.69 Å². The van der Waals surface area contributed by atoms with Crippen LogP contribution in [0.1, 0.15) is 38.4 Å². The van der Waals surface area contributed by atoms with E-state index in [1.807, 2.05) is 19.1 Å². The number of hydrogen-bond acceptors (Lipinski definition) is 6. The number of carbonyl (C=O) groups is 1. The molecule has 10 nitrogen and oxygen atoms in total. The molecular formula is C23H30N6O4. The number of anilines is 1. The molecule has 1 amide bonds. The first-order chi connectivity index (χ1) is 15.9. The number of amides is 1. The van der Waals surface area contributed by atoms with Crippen LogP contribution in [0, 0.1) is 0 Å². The number of aromatic nitrogens is 4. The van der Waals surface area contributed by atoms with Crippen molar-refractivity contribution in [3.05, 3.63) is 50.9 Å². The summed E-state index contributed by atoms with van der Waals surface area (Å²) in [6, 6.07) is 6.92. The minimum atomic E-state index is -0.445. The molecule has 1 aromatic carbocycles. The van der Waals surface area contributed by atoms with Gasteiger partial charge in [-0.2, -0.15) is 0 Å². The molecule has 1 aliphatic heterocycles. The van der Waals surface area contributed by atoms with Crippen molar-refractivity contribution < 1.29 is 9.53 Å². The van der Waals surface area contributed by atoms with E-state index in [0.29, 0.717) is 35.8 Å². The Balaban J connectivity index is 1.57. The molecule has 0 bridgehead atoms. The number of benzene rings is 1. The summed E-state index contributed by atoms with van der Waals surface area (Å²) in [4.78, 5) is 47.0. The number of H-pyrrole nitrogens is 1. The van der Waals surface area contributed by atoms with Crippen molar-refractivity contribution in [2.24, 2.45) is 7.05 Å². The molecule has 176 valence electrons. The molecular weight excluding hydrogens is 424 g/mol. The Labute approximate surface area is 191 Å². The summed E-state index contributed by atoms with van der Waals surface area (Å²) in [5, 5.41) is 2.98. The lowest BCUT2D eigenvalue weighted by Gasteiger charge is -2.23. The summed E-state index contributed by atoms with van der Waals surface area (Å²) in [7, 11) is 3.37. The third-order valence-electron chi connectivity index (χ3n) is 6.21. The van der Waals surface area contributed by atoms with Crippen LogP contribution < -0.4 is 21.3 Å². The molecule has 10 heteroatoms. The Kier molecular flexibility index (Phi) is 6.64. The average Bonchev–Trinajstić information content (AvgIpc) is 3.39. The Morgan fingerprint density at radius 3 is 2.73 bits per heavy atom. The van der Waals surface area contributed by atoms with Gasteiger partial charge in [0.2, 0.25) is 5.91 Å². The van der Waals surface area contributed by atoms with E-state index in [2.05, 4.69) is 20.2 Å². The number of rotatable bonds is 8. The zero-order valence-corrected chi connectivity index (χ0v) is 19.3. The molecule has 4 rings (SSSR count). The van der Waals surface area contributed by atoms with Crippen LogP contribution >= 0.6 is 0 Å². The lowest BCUT2D eigenvalue weighted by atomic mass is 10.2. The molecule has 0 radical (unpaired) electrons. The van der Waals surface area contributed by atoms with Gasteiger partial charge in [-0.25, -0.2) is 9.78 Å². The second kappa shape index (κ2) is 9.62. The molecule has 1 atom stereocenters. The Morgan fingerprint density at radius 1 is 1.27 bits per heavy atom. The minimum Gasteiger partial charge on any atom is -0.497 e. The smallest absolute Gasteiger partial charge is 0.330 e. The summed E-state index contributed by atoms with van der Waals surface area (Å²) in [5.41, 5.74) is 0.594. The van der Waals surface area contributed by atoms with Crippen LogP contribution in [-0.2, 0) is 24.9 Å². The molecule has 0 aliphatic carbocycles. The van der Waals surface area contributed by atoms with Crippen LogP contribution in [0.25, 0.3) is 11.2 Å². The number of hydrogen-bond donors (Lipinski definition) is 2. The molecule has 0 saturated carbocycles. The highest BCUT2D eigenvalue weighted by Gasteiger charge is 2.32. The van der Waals surface area contributed by atoms with Gasteiger partial charge in [0.05, 0.1) is 19.7 Å². The van der Waals surface area contributed by atoms with Gasteiger partial charge in [-0.05, 0) is 50.1 Å². The van der Waals surface area contributed by atoms with Gasteiger partial charge in [0.15, 0.2) is 11.2 Å². The van der Waals surface area contributed by atoms with Gasteiger partial charge in [-0.3, -0.25) is 24.0 Å². The molecule has 3 aromatic rings. The molecule has 2 N–H and O–H groups in total. The van der Waals surface area contributed by atoms with E-state index in [-0.39, 0.29) is 11.9 Å². The largest absolute Gasteiger partial charge is 0.497 e. The Bertz CT molecular complexity index is 1260. The van der Waals surface area contributed by atoms with Crippen molar-refractivity contribution >= 4 is 22.8 Å². The van der Waals surface area contributed by atoms with Crippen molar-refractivity contribution in [3.8, 4) is 5.75 Å². The maximum atomic E-state index is 13.0. The highest BCUT2D eigenvalue weighted by Crippen LogP contribution is 2.23. The fourth-order valence-corrected chi connectivity index (χ4v) is 4.35. The second-order valence-corrected chi connectivity index (χ2v) is 8.37. The van der Waals surface area contributed by atoms with Gasteiger partial charge in [-0.15, -0.1) is 0 Å². The molecule has 1 unspecified atom stereocenters. The fourth-order valence-electron chi connectivity index (χ4n) is 4.35. The van der Waals surface area contributed by atoms with E-state index in [1.165, 1.54) is 4.57 Å². The van der Waals surface area contributed by atoms with Gasteiger partial charge in [0, 0.05) is 19.3 Å². The summed E-state index contributed by atoms with van der Waals surface area (Å²) in [5.74, 6) is 1.30. The van der Waals surface area contributed by atoms with Crippen LogP contribution in [0.2, 0.25) is 0 Å². The standard InChI is InChI=1S/C23H30N6O4/c1-4-5-13-29-20-19(22(31)26-23(29)32)27(2)18(25-20)14-28-12-6-7-17(28)21(30)24-15-8-10-16(33-3)11-9-15/h8-11,17H,4-7,12-14H2,1-3H3,(H,24,30)(H,26,31,32). The van der Waals surface area contributed by atoms with Gasteiger partial charge in [0.1, 0.15) is 11.6 Å². The molecule has 1 fully saturated rings. The average molecular weight is 455 g/mol. The fraction of sp³-hybridized carbons (Fsp3) is 0.478. The number of aromatic amines is 1. The maximum Gasteiger partial charge on any atom is 0.330 e. The lowest BCUT2D eigenvalue weighted by molar-refractivity contribution is -0.120. The number of fused-ring (bicyclic) bond motifs is 1. The predicted octanol–water partition coefficient (Wildman–Crippen LogP) is 1.84. The molecule has 1 aliphatic rings. The van der Waals surface area contributed by atoms with E-state index in [4.69, 9.17) is 4.74 Å². The van der Waals surface area contributed by atoms with Crippen LogP contribution in [0.15, 0.2) is 33.9 Å². The zero-order chi connectivity index (χ0) is 23.5. The lowest BCUT2D eigenvalue weighted by Crippen LogP contribution is -2.39. The van der Waals surface area contributed by atoms with E-state index in [1.54, 1.807) is 30.9 Å². The van der Waals surface area contributed by atoms with Gasteiger partial charge < -0.3 is 14.6 Å². The number of likely N-dealkylation sites (tertiary alicyclic amines) is 1. The third kappa shape index (κ3) is 4.56. The Hall–Kier alpha value is -3.40. The van der Waals surface area contributed by atoms with Crippen molar-refractivity contribution in [2.45, 2.75) is 51.7 Å². The van der Waals surface area contributed by atoms with Crippen molar-refractivity contribution in [1.82, 2.24) is 24.0 Å². The van der Waals surface area contributed by atoms with E-state index < -0.39 is 11.2 Å². The van der Waals surface area contributed by atoms with Gasteiger partial charge in [0.25, 0.3) is 5.56 Å². The summed E-state index contributed by atoms with van der Waals surface area (Å²) < 4.78 is 8.42. The summed E-state index contributed by atoms with van der Waals surface area (Å²) in [6.07, 6.45) is 3.37. The summed E-state index contributed by atoms with van der Waals surface area (Å²) >= 11 is 0. The number of unbranched alkanes of at least 4 members (excludes halogenated alkanes) is 1. The molecule has 1 saturated heterocycles. The van der Waals surface area contributed by atoms with E-state index in [9.17, 15) is 14.4 Å². The molecule has 3 heterocycles. The molecule has 0 spiro atoms. The summed E-state index contributed by atoms with van der Waals surface area (Å²) in [6.45, 7) is 3.70. The first kappa shape index (κ1) is 22.8. The van der Waals surface area contributed by atoms with Crippen molar-refractivity contribution in [1.29, 1.82) is 0 Å². The quantitative estimate of drug-likeness (QED) is 0.537. The minimum absolute atomic E-state index is 0.0749. The molecule has 33 heavy (non-hydrogen) atoms. The van der Waals surface area contributed by atoms with Crippen LogP contribution in [-0.4, -0.2) is 49.6 Å². The number of aryl methyl sites for hydroxylation is 2. The maximum absolute atomic E-state index is 13.0. The van der Waals surface area contributed by atoms with Crippen molar-refractivity contribution in [3.63, 3.8) is 0 Å². The van der Waals surface area contributed by atoms with Crippen molar-refractivity contribution in [2.75, 3.05) is 19.0 Å². The zero-order valence-electron chi connectivity index (χ0n) is 19.3. The number of methoxy groups -OCH3 is 1. The Morgan fingerprint density at radius 2 is 2.03 bits per heavy atom. The number of carbonyl (C=O) groups excluding carboxylic acids is 1. The van der Waals surface area contributed by atoms with Gasteiger partial charge >= 0.3 is 5.69 Å². The normalized spacial score (nSPS) is 16.4. The SMILES string of the molecule is CCCCn1c(=O)[nH]c(=O)c2c1nc(CN1CCCC1C(=O)Nc1ccc(OC)cc1)n2C. The van der Waals surface area contributed by atoms with Gasteiger partial charge in [-0.1, -0.05) is 13.3 Å². The van der Waals surface area contributed by atoms with E-state index >= 15 is 0 Å². The highest BCUT2D eigenvalue weighted by molar-refractivity contribution is 5.95. The van der Waals surface area contributed by atoms with E-state index in [0.717, 1.165) is 38.0 Å². The number of imidazole rings is 1. The van der Waals surface area contributed by atoms with Crippen LogP contribution in [0.5, 0.6) is 5.75 Å². The third-order valence-corrected chi connectivity index (χ3v) is 6.21. The first-order valence-electron chi connectivity index (χ1n) is 11.3. The monoisotopic (exact) mass is 454 g/mol. The van der Waals surface area contributed by atoms with Crippen LogP contribution in [0.3, 0.4) is 0 Å². The second-order valence-electron chi connectivity index (χ2n) is 8.37. The topological polar surface area (TPSA) is 114 Å². The number of ether oxygens (including phenoxy) is 1. The number of nitrogens with one attached hydrogen (secondary N) is 2. The molecule has 2 aromatic heterocycles. The number of nitrogens with zero attached hydrogens (tertiary/aromatic N) is 4.